The molecule has 0 saturated heterocycles. The van der Waals surface area contributed by atoms with Crippen LogP contribution in [0.15, 0.2) is 23.3 Å². The van der Waals surface area contributed by atoms with E-state index in [1.807, 2.05) is 39.8 Å². The second-order valence-corrected chi connectivity index (χ2v) is 5.27. The van der Waals surface area contributed by atoms with E-state index in [0.717, 1.165) is 43.5 Å². The molecular weight excluding hydrogens is 278 g/mol. The van der Waals surface area contributed by atoms with E-state index in [9.17, 15) is 9.59 Å². The lowest BCUT2D eigenvalue weighted by atomic mass is 10.2. The molecule has 0 spiro atoms. The molecule has 5 heteroatoms. The maximum atomic E-state index is 11.5. The van der Waals surface area contributed by atoms with E-state index in [0.29, 0.717) is 13.1 Å². The molecule has 5 nitrogen and oxygen atoms in total. The van der Waals surface area contributed by atoms with Gasteiger partial charge in [-0.1, -0.05) is 12.2 Å². The Kier molecular flexibility index (Phi) is 12.1. The third kappa shape index (κ3) is 10.2. The first kappa shape index (κ1) is 20.4. The summed E-state index contributed by atoms with van der Waals surface area (Å²) in [6.45, 7) is 10.6. The Morgan fingerprint density at radius 1 is 0.727 bits per heavy atom. The Balaban J connectivity index is 3.38. The lowest BCUT2D eigenvalue weighted by Crippen LogP contribution is -2.28. The minimum atomic E-state index is 0.00895. The van der Waals surface area contributed by atoms with Gasteiger partial charge in [-0.2, -0.15) is 0 Å². The van der Waals surface area contributed by atoms with Gasteiger partial charge in [0.2, 0.25) is 11.8 Å². The molecule has 0 aromatic carbocycles. The molecule has 22 heavy (non-hydrogen) atoms. The van der Waals surface area contributed by atoms with Crippen LogP contribution < -0.4 is 16.0 Å². The van der Waals surface area contributed by atoms with Gasteiger partial charge in [-0.05, 0) is 60.0 Å². The molecule has 0 heterocycles. The van der Waals surface area contributed by atoms with Crippen molar-refractivity contribution in [3.05, 3.63) is 23.3 Å². The molecule has 0 atom stereocenters. The molecule has 0 saturated carbocycles. The Labute approximate surface area is 134 Å². The predicted octanol–water partition coefficient (Wildman–Crippen LogP) is 1.91. The SMILES string of the molecule is C/C=C(\C)C(=O)NCCCCNCCCNC(=O)/C(C)=C/C. The molecule has 3 N–H and O–H groups in total. The highest BCUT2D eigenvalue weighted by Gasteiger charge is 2.01. The molecule has 0 aromatic heterocycles. The topological polar surface area (TPSA) is 70.2 Å². The summed E-state index contributed by atoms with van der Waals surface area (Å²) >= 11 is 0. The van der Waals surface area contributed by atoms with Crippen molar-refractivity contribution in [2.75, 3.05) is 26.2 Å². The first-order chi connectivity index (χ1) is 10.5. The van der Waals surface area contributed by atoms with Crippen LogP contribution in [-0.2, 0) is 9.59 Å². The molecule has 126 valence electrons. The number of rotatable bonds is 11. The summed E-state index contributed by atoms with van der Waals surface area (Å²) in [6.07, 6.45) is 6.53. The van der Waals surface area contributed by atoms with Gasteiger partial charge in [-0.15, -0.1) is 0 Å². The van der Waals surface area contributed by atoms with Gasteiger partial charge in [0.15, 0.2) is 0 Å². The Bertz CT molecular complexity index is 363. The average molecular weight is 309 g/mol. The number of hydrogen-bond acceptors (Lipinski definition) is 3. The minimum absolute atomic E-state index is 0.00895. The molecule has 0 radical (unpaired) electrons. The fourth-order valence-electron chi connectivity index (χ4n) is 1.66. The summed E-state index contributed by atoms with van der Waals surface area (Å²) < 4.78 is 0. The van der Waals surface area contributed by atoms with E-state index in [1.165, 1.54) is 0 Å². The Hall–Kier alpha value is -1.62. The maximum absolute atomic E-state index is 11.5. The number of carbonyl (C=O) groups is 2. The van der Waals surface area contributed by atoms with Crippen LogP contribution in [0.1, 0.15) is 47.0 Å². The average Bonchev–Trinajstić information content (AvgIpc) is 2.54. The van der Waals surface area contributed by atoms with Gasteiger partial charge < -0.3 is 16.0 Å². The zero-order chi connectivity index (χ0) is 16.8. The fourth-order valence-corrected chi connectivity index (χ4v) is 1.66. The summed E-state index contributed by atoms with van der Waals surface area (Å²) in [6, 6.07) is 0. The summed E-state index contributed by atoms with van der Waals surface area (Å²) in [5, 5.41) is 9.09. The van der Waals surface area contributed by atoms with Gasteiger partial charge in [0.1, 0.15) is 0 Å². The minimum Gasteiger partial charge on any atom is -0.352 e. The van der Waals surface area contributed by atoms with Crippen LogP contribution in [0.5, 0.6) is 0 Å². The molecule has 0 aliphatic carbocycles. The van der Waals surface area contributed by atoms with E-state index in [4.69, 9.17) is 0 Å². The molecule has 0 aromatic rings. The normalized spacial score (nSPS) is 12.2. The van der Waals surface area contributed by atoms with Crippen LogP contribution in [-0.4, -0.2) is 38.0 Å². The summed E-state index contributed by atoms with van der Waals surface area (Å²) in [4.78, 5) is 22.9. The zero-order valence-electron chi connectivity index (χ0n) is 14.4. The van der Waals surface area contributed by atoms with E-state index in [1.54, 1.807) is 0 Å². The standard InChI is InChI=1S/C17H31N3O2/c1-5-14(3)16(21)19-12-8-7-10-18-11-9-13-20-17(22)15(4)6-2/h5-6,18H,7-13H2,1-4H3,(H,19,21)(H,20,22)/b14-5+,15-6+. The molecule has 0 aliphatic heterocycles. The van der Waals surface area contributed by atoms with E-state index in [2.05, 4.69) is 16.0 Å². The van der Waals surface area contributed by atoms with Crippen molar-refractivity contribution >= 4 is 11.8 Å². The van der Waals surface area contributed by atoms with Crippen LogP contribution in [0.2, 0.25) is 0 Å². The third-order valence-corrected chi connectivity index (χ3v) is 3.46. The van der Waals surface area contributed by atoms with Crippen molar-refractivity contribution in [3.8, 4) is 0 Å². The van der Waals surface area contributed by atoms with Crippen LogP contribution in [0.4, 0.5) is 0 Å². The molecule has 0 bridgehead atoms. The lowest BCUT2D eigenvalue weighted by Gasteiger charge is -2.07. The number of nitrogens with one attached hydrogen (secondary N) is 3. The number of hydrogen-bond donors (Lipinski definition) is 3. The van der Waals surface area contributed by atoms with Gasteiger partial charge in [0.25, 0.3) is 0 Å². The monoisotopic (exact) mass is 309 g/mol. The van der Waals surface area contributed by atoms with Crippen molar-refractivity contribution in [2.24, 2.45) is 0 Å². The summed E-state index contributed by atoms with van der Waals surface area (Å²) in [5.74, 6) is 0.0253. The number of amides is 2. The van der Waals surface area contributed by atoms with Crippen molar-refractivity contribution in [2.45, 2.75) is 47.0 Å². The molecule has 2 amide bonds. The van der Waals surface area contributed by atoms with Crippen molar-refractivity contribution in [1.29, 1.82) is 0 Å². The third-order valence-electron chi connectivity index (χ3n) is 3.46. The summed E-state index contributed by atoms with van der Waals surface area (Å²) in [5.41, 5.74) is 1.51. The number of allylic oxidation sites excluding steroid dienone is 2. The molecule has 0 aliphatic rings. The van der Waals surface area contributed by atoms with Crippen LogP contribution in [0.3, 0.4) is 0 Å². The highest BCUT2D eigenvalue weighted by Crippen LogP contribution is 1.92. The van der Waals surface area contributed by atoms with E-state index >= 15 is 0 Å². The molecule has 0 unspecified atom stereocenters. The van der Waals surface area contributed by atoms with Crippen LogP contribution in [0, 0.1) is 0 Å². The van der Waals surface area contributed by atoms with Gasteiger partial charge in [-0.25, -0.2) is 0 Å². The number of unbranched alkanes of at least 4 members (excludes halogenated alkanes) is 1. The quantitative estimate of drug-likeness (QED) is 0.403. The first-order valence-corrected chi connectivity index (χ1v) is 8.05. The van der Waals surface area contributed by atoms with Crippen molar-refractivity contribution in [3.63, 3.8) is 0 Å². The molecule has 0 rings (SSSR count). The van der Waals surface area contributed by atoms with E-state index in [-0.39, 0.29) is 11.8 Å². The predicted molar refractivity (Wildman–Crippen MR) is 91.6 cm³/mol. The second kappa shape index (κ2) is 13.1. The smallest absolute Gasteiger partial charge is 0.246 e. The second-order valence-electron chi connectivity index (χ2n) is 5.27. The largest absolute Gasteiger partial charge is 0.352 e. The van der Waals surface area contributed by atoms with Crippen molar-refractivity contribution in [1.82, 2.24) is 16.0 Å². The lowest BCUT2D eigenvalue weighted by molar-refractivity contribution is -0.118. The zero-order valence-corrected chi connectivity index (χ0v) is 14.4. The van der Waals surface area contributed by atoms with Gasteiger partial charge >= 0.3 is 0 Å². The van der Waals surface area contributed by atoms with Gasteiger partial charge in [0.05, 0.1) is 0 Å². The van der Waals surface area contributed by atoms with Gasteiger partial charge in [0, 0.05) is 24.2 Å². The van der Waals surface area contributed by atoms with Gasteiger partial charge in [-0.3, -0.25) is 9.59 Å². The number of carbonyl (C=O) groups excluding carboxylic acids is 2. The summed E-state index contributed by atoms with van der Waals surface area (Å²) in [7, 11) is 0. The fraction of sp³-hybridized carbons (Fsp3) is 0.647. The first-order valence-electron chi connectivity index (χ1n) is 8.05. The van der Waals surface area contributed by atoms with E-state index < -0.39 is 0 Å². The maximum Gasteiger partial charge on any atom is 0.246 e. The highest BCUT2D eigenvalue weighted by atomic mass is 16.2. The molecular formula is C17H31N3O2. The van der Waals surface area contributed by atoms with Crippen LogP contribution >= 0.6 is 0 Å². The Morgan fingerprint density at radius 2 is 1.14 bits per heavy atom. The Morgan fingerprint density at radius 3 is 1.64 bits per heavy atom. The molecule has 0 fully saturated rings. The van der Waals surface area contributed by atoms with Crippen LogP contribution in [0.25, 0.3) is 0 Å². The highest BCUT2D eigenvalue weighted by molar-refractivity contribution is 5.92. The van der Waals surface area contributed by atoms with Crippen molar-refractivity contribution < 1.29 is 9.59 Å².